The van der Waals surface area contributed by atoms with Crippen LogP contribution in [0.25, 0.3) is 16.9 Å². The molecule has 1 aliphatic rings. The van der Waals surface area contributed by atoms with E-state index in [1.165, 1.54) is 22.5 Å². The van der Waals surface area contributed by atoms with Crippen molar-refractivity contribution in [3.63, 3.8) is 0 Å². The Morgan fingerprint density at radius 2 is 2.08 bits per heavy atom. The Balaban J connectivity index is 1.54. The molecule has 13 heteroatoms. The van der Waals surface area contributed by atoms with Crippen LogP contribution in [0.2, 0.25) is 5.02 Å². The molecule has 36 heavy (non-hydrogen) atoms. The molecule has 0 atom stereocenters. The molecule has 186 valence electrons. The average molecular weight is 511 g/mol. The number of morpholine rings is 1. The second kappa shape index (κ2) is 9.84. The van der Waals surface area contributed by atoms with Crippen molar-refractivity contribution in [1.29, 1.82) is 0 Å². The zero-order valence-electron chi connectivity index (χ0n) is 19.3. The lowest BCUT2D eigenvalue weighted by molar-refractivity contribution is -0.136. The summed E-state index contributed by atoms with van der Waals surface area (Å²) in [6.07, 6.45) is 4.66. The van der Waals surface area contributed by atoms with Crippen LogP contribution in [-0.2, 0) is 16.1 Å². The third kappa shape index (κ3) is 4.43. The van der Waals surface area contributed by atoms with E-state index in [0.29, 0.717) is 59.7 Å². The van der Waals surface area contributed by atoms with Crippen molar-refractivity contribution >= 4 is 40.6 Å². The molecule has 0 unspecified atom stereocenters. The van der Waals surface area contributed by atoms with Gasteiger partial charge in [-0.2, -0.15) is 5.10 Å². The number of hydrogen-bond acceptors (Lipinski definition) is 8. The average Bonchev–Trinajstić information content (AvgIpc) is 3.43. The van der Waals surface area contributed by atoms with Crippen molar-refractivity contribution in [2.24, 2.45) is 0 Å². The monoisotopic (exact) mass is 510 g/mol. The Labute approximate surface area is 210 Å². The summed E-state index contributed by atoms with van der Waals surface area (Å²) in [5.74, 6) is -0.129. The third-order valence-electron chi connectivity index (χ3n) is 5.80. The molecule has 0 saturated carbocycles. The zero-order chi connectivity index (χ0) is 25.2. The van der Waals surface area contributed by atoms with Gasteiger partial charge in [0.2, 0.25) is 5.91 Å². The molecule has 5 rings (SSSR count). The van der Waals surface area contributed by atoms with Crippen LogP contribution in [0.5, 0.6) is 5.75 Å². The third-order valence-corrected chi connectivity index (χ3v) is 6.04. The Morgan fingerprint density at radius 3 is 2.86 bits per heavy atom. The van der Waals surface area contributed by atoms with Gasteiger partial charge in [-0.25, -0.2) is 9.50 Å². The molecule has 3 aromatic heterocycles. The Bertz CT molecular complexity index is 1440. The van der Waals surface area contributed by atoms with Gasteiger partial charge in [0.15, 0.2) is 11.5 Å². The van der Waals surface area contributed by atoms with E-state index in [1.807, 2.05) is 0 Å². The number of carbonyl (C=O) groups is 2. The number of benzene rings is 1. The predicted molar refractivity (Wildman–Crippen MR) is 132 cm³/mol. The Hall–Kier alpha value is -4.16. The lowest BCUT2D eigenvalue weighted by atomic mass is 10.1. The minimum Gasteiger partial charge on any atom is -0.496 e. The van der Waals surface area contributed by atoms with Crippen molar-refractivity contribution in [2.75, 3.05) is 44.5 Å². The van der Waals surface area contributed by atoms with E-state index in [1.54, 1.807) is 41.6 Å². The maximum Gasteiger partial charge on any atom is 0.263 e. The van der Waals surface area contributed by atoms with Gasteiger partial charge in [-0.3, -0.25) is 14.3 Å². The summed E-state index contributed by atoms with van der Waals surface area (Å²) in [4.78, 5) is 32.3. The van der Waals surface area contributed by atoms with Gasteiger partial charge >= 0.3 is 0 Å². The van der Waals surface area contributed by atoms with Crippen molar-refractivity contribution in [3.8, 4) is 17.0 Å². The fraction of sp³-hybridized carbons (Fsp3) is 0.261. The second-order valence-electron chi connectivity index (χ2n) is 8.00. The fourth-order valence-corrected chi connectivity index (χ4v) is 4.27. The number of fused-ring (bicyclic) bond motifs is 1. The van der Waals surface area contributed by atoms with Crippen LogP contribution in [0.15, 0.2) is 42.9 Å². The molecule has 0 spiro atoms. The number of nitrogens with zero attached hydrogens (tertiary/aromatic N) is 6. The first-order chi connectivity index (χ1) is 17.5. The molecule has 1 aromatic carbocycles. The Kier molecular flexibility index (Phi) is 6.44. The number of hydrogen-bond donors (Lipinski definition) is 2. The fourth-order valence-electron chi connectivity index (χ4n) is 4.09. The maximum absolute atomic E-state index is 13.3. The first-order valence-electron chi connectivity index (χ1n) is 11.1. The Morgan fingerprint density at radius 1 is 1.28 bits per heavy atom. The number of nitrogens with one attached hydrogen (secondary N) is 1. The smallest absolute Gasteiger partial charge is 0.263 e. The molecule has 2 amide bonds. The lowest BCUT2D eigenvalue weighted by Gasteiger charge is -2.27. The molecule has 0 radical (unpaired) electrons. The van der Waals surface area contributed by atoms with Crippen LogP contribution in [0, 0.1) is 0 Å². The molecule has 0 bridgehead atoms. The highest BCUT2D eigenvalue weighted by Crippen LogP contribution is 2.37. The highest BCUT2D eigenvalue weighted by Gasteiger charge is 2.26. The van der Waals surface area contributed by atoms with Crippen LogP contribution >= 0.6 is 11.6 Å². The molecule has 4 aromatic rings. The molecular formula is C23H23ClN8O4. The van der Waals surface area contributed by atoms with E-state index in [4.69, 9.17) is 26.8 Å². The van der Waals surface area contributed by atoms with Gasteiger partial charge in [0.1, 0.15) is 17.9 Å². The van der Waals surface area contributed by atoms with E-state index >= 15 is 0 Å². The highest BCUT2D eigenvalue weighted by molar-refractivity contribution is 6.31. The van der Waals surface area contributed by atoms with Crippen LogP contribution < -0.4 is 15.8 Å². The molecule has 0 aliphatic carbocycles. The predicted octanol–water partition coefficient (Wildman–Crippen LogP) is 1.95. The molecule has 1 fully saturated rings. The van der Waals surface area contributed by atoms with Crippen LogP contribution in [-0.4, -0.2) is 74.5 Å². The largest absolute Gasteiger partial charge is 0.496 e. The maximum atomic E-state index is 13.3. The molecule has 12 nitrogen and oxygen atoms in total. The summed E-state index contributed by atoms with van der Waals surface area (Å²) in [5.41, 5.74) is 7.80. The van der Waals surface area contributed by atoms with Crippen LogP contribution in [0.4, 0.5) is 11.5 Å². The summed E-state index contributed by atoms with van der Waals surface area (Å²) in [7, 11) is 1.52. The number of methoxy groups -OCH3 is 1. The summed E-state index contributed by atoms with van der Waals surface area (Å²) in [5, 5.41) is 11.9. The molecule has 3 N–H and O–H groups in total. The van der Waals surface area contributed by atoms with Crippen molar-refractivity contribution < 1.29 is 19.1 Å². The number of halogens is 1. The quantitative estimate of drug-likeness (QED) is 0.401. The number of nitrogen functional groups attached to an aromatic ring is 1. The van der Waals surface area contributed by atoms with E-state index in [0.717, 1.165) is 0 Å². The normalized spacial score (nSPS) is 13.7. The van der Waals surface area contributed by atoms with Crippen LogP contribution in [0.3, 0.4) is 0 Å². The first-order valence-corrected chi connectivity index (χ1v) is 11.5. The number of ether oxygens (including phenoxy) is 2. The van der Waals surface area contributed by atoms with E-state index in [2.05, 4.69) is 20.5 Å². The summed E-state index contributed by atoms with van der Waals surface area (Å²) in [6.45, 7) is 1.91. The highest BCUT2D eigenvalue weighted by atomic mass is 35.5. The van der Waals surface area contributed by atoms with Gasteiger partial charge in [0.05, 0.1) is 37.9 Å². The number of amides is 2. The number of aromatic nitrogens is 5. The molecular weight excluding hydrogens is 488 g/mol. The molecule has 1 aliphatic heterocycles. The number of anilines is 2. The number of rotatable bonds is 6. The zero-order valence-corrected chi connectivity index (χ0v) is 20.1. The number of nitrogens with two attached hydrogens (primary N) is 1. The first kappa shape index (κ1) is 23.6. The second-order valence-corrected chi connectivity index (χ2v) is 8.44. The minimum absolute atomic E-state index is 0.0305. The van der Waals surface area contributed by atoms with Crippen LogP contribution in [0.1, 0.15) is 10.4 Å². The topological polar surface area (TPSA) is 142 Å². The van der Waals surface area contributed by atoms with Crippen molar-refractivity contribution in [3.05, 3.63) is 53.4 Å². The summed E-state index contributed by atoms with van der Waals surface area (Å²) < 4.78 is 13.8. The number of carbonyl (C=O) groups excluding carboxylic acids is 2. The lowest BCUT2D eigenvalue weighted by Crippen LogP contribution is -2.42. The van der Waals surface area contributed by atoms with Gasteiger partial charge in [-0.1, -0.05) is 11.6 Å². The van der Waals surface area contributed by atoms with Crippen molar-refractivity contribution in [1.82, 2.24) is 29.3 Å². The van der Waals surface area contributed by atoms with Gasteiger partial charge in [0.25, 0.3) is 5.91 Å². The van der Waals surface area contributed by atoms with Gasteiger partial charge in [-0.15, -0.1) is 5.10 Å². The van der Waals surface area contributed by atoms with Gasteiger partial charge in [-0.05, 0) is 24.3 Å². The SMILES string of the molecule is COc1ccc(Cl)cc1-c1c(NC(=O)c2c(N)nn3cccnc23)cnn1CC(=O)N1CCOCC1. The van der Waals surface area contributed by atoms with E-state index < -0.39 is 5.91 Å². The molecule has 4 heterocycles. The minimum atomic E-state index is -0.525. The van der Waals surface area contributed by atoms with E-state index in [-0.39, 0.29) is 23.8 Å². The van der Waals surface area contributed by atoms with Gasteiger partial charge in [0, 0.05) is 36.1 Å². The van der Waals surface area contributed by atoms with Crippen molar-refractivity contribution in [2.45, 2.75) is 6.54 Å². The molecule has 1 saturated heterocycles. The summed E-state index contributed by atoms with van der Waals surface area (Å²) >= 11 is 6.30. The van der Waals surface area contributed by atoms with Gasteiger partial charge < -0.3 is 25.4 Å². The summed E-state index contributed by atoms with van der Waals surface area (Å²) in [6, 6.07) is 6.76. The van der Waals surface area contributed by atoms with E-state index in [9.17, 15) is 9.59 Å². The standard InChI is InChI=1S/C23H23ClN8O4/c1-35-17-4-3-14(24)11-15(17)20-16(12-27-32(20)13-18(33)30-7-9-36-10-8-30)28-23(34)19-21(25)29-31-6-2-5-26-22(19)31/h2-6,11-12H,7-10,13H2,1H3,(H2,25,29)(H,28,34).